The van der Waals surface area contributed by atoms with Crippen LogP contribution in [0.1, 0.15) is 48.0 Å². The quantitative estimate of drug-likeness (QED) is 0.893. The van der Waals surface area contributed by atoms with Gasteiger partial charge in [-0.25, -0.2) is 0 Å². The van der Waals surface area contributed by atoms with E-state index in [1.807, 2.05) is 25.5 Å². The lowest BCUT2D eigenvalue weighted by molar-refractivity contribution is 0.167. The van der Waals surface area contributed by atoms with Gasteiger partial charge >= 0.3 is 0 Å². The van der Waals surface area contributed by atoms with Crippen LogP contribution in [0.2, 0.25) is 0 Å². The number of aliphatic hydroxyl groups is 1. The summed E-state index contributed by atoms with van der Waals surface area (Å²) in [4.78, 5) is 0. The molecule has 1 unspecified atom stereocenters. The molecule has 1 aromatic carbocycles. The highest BCUT2D eigenvalue weighted by Gasteiger charge is 2.27. The summed E-state index contributed by atoms with van der Waals surface area (Å²) in [6, 6.07) is 8.33. The van der Waals surface area contributed by atoms with Crippen LogP contribution in [-0.4, -0.2) is 14.9 Å². The lowest BCUT2D eigenvalue weighted by Gasteiger charge is -2.15. The van der Waals surface area contributed by atoms with E-state index in [2.05, 4.69) is 23.3 Å². The van der Waals surface area contributed by atoms with E-state index in [0.717, 1.165) is 18.4 Å². The normalized spacial score (nSPS) is 16.5. The number of hydrogen-bond donors (Lipinski definition) is 1. The summed E-state index contributed by atoms with van der Waals surface area (Å²) in [5.41, 5.74) is 3.65. The Labute approximate surface area is 113 Å². The molecular weight excluding hydrogens is 236 g/mol. The van der Waals surface area contributed by atoms with E-state index in [-0.39, 0.29) is 6.10 Å². The number of nitrogens with zero attached hydrogens (tertiary/aromatic N) is 2. The van der Waals surface area contributed by atoms with Gasteiger partial charge in [0.25, 0.3) is 0 Å². The van der Waals surface area contributed by atoms with Gasteiger partial charge in [-0.2, -0.15) is 5.10 Å². The predicted molar refractivity (Wildman–Crippen MR) is 74.9 cm³/mol. The molecule has 1 N–H and O–H groups in total. The van der Waals surface area contributed by atoms with Crippen molar-refractivity contribution < 1.29 is 5.11 Å². The molecule has 0 saturated heterocycles. The fourth-order valence-corrected chi connectivity index (χ4v) is 2.64. The molecule has 19 heavy (non-hydrogen) atoms. The fourth-order valence-electron chi connectivity index (χ4n) is 2.64. The molecule has 3 rings (SSSR count). The van der Waals surface area contributed by atoms with Crippen molar-refractivity contribution in [1.82, 2.24) is 9.78 Å². The molecule has 0 aliphatic heterocycles. The zero-order valence-corrected chi connectivity index (χ0v) is 11.3. The van der Waals surface area contributed by atoms with Crippen LogP contribution in [0, 0.1) is 0 Å². The molecule has 2 aromatic rings. The van der Waals surface area contributed by atoms with Gasteiger partial charge in [0.2, 0.25) is 0 Å². The summed E-state index contributed by atoms with van der Waals surface area (Å²) in [5.74, 6) is 0.684. The minimum absolute atomic E-state index is 0.364. The Bertz CT molecular complexity index is 557. The standard InChI is InChI=1S/C16H20N2O/c1-18-11-12(10-17-18)6-9-16(19)15-5-3-2-4-14(15)13-7-8-13/h2-5,10-11,13,16,19H,6-9H2,1H3. The van der Waals surface area contributed by atoms with Crippen molar-refractivity contribution in [3.8, 4) is 0 Å². The Balaban J connectivity index is 1.68. The monoisotopic (exact) mass is 256 g/mol. The van der Waals surface area contributed by atoms with Crippen LogP contribution in [0.5, 0.6) is 0 Å². The highest BCUT2D eigenvalue weighted by atomic mass is 16.3. The van der Waals surface area contributed by atoms with E-state index in [9.17, 15) is 5.11 Å². The molecule has 100 valence electrons. The minimum atomic E-state index is -0.364. The smallest absolute Gasteiger partial charge is 0.0796 e. The van der Waals surface area contributed by atoms with E-state index < -0.39 is 0 Å². The second kappa shape index (κ2) is 5.17. The zero-order valence-electron chi connectivity index (χ0n) is 11.3. The molecule has 1 aliphatic carbocycles. The van der Waals surface area contributed by atoms with Gasteiger partial charge in [0, 0.05) is 13.2 Å². The molecule has 1 aliphatic rings. The van der Waals surface area contributed by atoms with Crippen LogP contribution in [0.25, 0.3) is 0 Å². The number of aliphatic hydroxyl groups excluding tert-OH is 1. The Hall–Kier alpha value is -1.61. The van der Waals surface area contributed by atoms with Gasteiger partial charge in [0.15, 0.2) is 0 Å². The molecule has 0 radical (unpaired) electrons. The van der Waals surface area contributed by atoms with Gasteiger partial charge in [0.1, 0.15) is 0 Å². The number of aryl methyl sites for hydroxylation is 2. The van der Waals surface area contributed by atoms with Gasteiger partial charge in [-0.1, -0.05) is 24.3 Å². The predicted octanol–water partition coefficient (Wildman–Crippen LogP) is 2.96. The molecule has 1 fully saturated rings. The molecule has 0 bridgehead atoms. The van der Waals surface area contributed by atoms with Gasteiger partial charge in [-0.3, -0.25) is 4.68 Å². The van der Waals surface area contributed by atoms with Crippen molar-refractivity contribution in [3.05, 3.63) is 53.3 Å². The van der Waals surface area contributed by atoms with Crippen molar-refractivity contribution in [2.24, 2.45) is 7.05 Å². The van der Waals surface area contributed by atoms with Crippen LogP contribution < -0.4 is 0 Å². The average molecular weight is 256 g/mol. The summed E-state index contributed by atoms with van der Waals surface area (Å²) in [7, 11) is 1.92. The fraction of sp³-hybridized carbons (Fsp3) is 0.438. The van der Waals surface area contributed by atoms with Crippen LogP contribution in [0.3, 0.4) is 0 Å². The maximum Gasteiger partial charge on any atom is 0.0796 e. The van der Waals surface area contributed by atoms with Gasteiger partial charge in [0.05, 0.1) is 12.3 Å². The molecule has 3 nitrogen and oxygen atoms in total. The third-order valence-corrected chi connectivity index (χ3v) is 3.84. The summed E-state index contributed by atoms with van der Waals surface area (Å²) in [5, 5.41) is 14.6. The zero-order chi connectivity index (χ0) is 13.2. The van der Waals surface area contributed by atoms with Crippen LogP contribution in [-0.2, 0) is 13.5 Å². The van der Waals surface area contributed by atoms with Crippen molar-refractivity contribution >= 4 is 0 Å². The van der Waals surface area contributed by atoms with Crippen molar-refractivity contribution in [2.45, 2.75) is 37.7 Å². The maximum atomic E-state index is 10.4. The summed E-state index contributed by atoms with van der Waals surface area (Å²) < 4.78 is 1.81. The van der Waals surface area contributed by atoms with Gasteiger partial charge in [-0.15, -0.1) is 0 Å². The lowest BCUT2D eigenvalue weighted by Crippen LogP contribution is -2.03. The molecular formula is C16H20N2O. The summed E-state index contributed by atoms with van der Waals surface area (Å²) >= 11 is 0. The van der Waals surface area contributed by atoms with Crippen LogP contribution in [0.15, 0.2) is 36.7 Å². The van der Waals surface area contributed by atoms with Gasteiger partial charge < -0.3 is 5.11 Å². The van der Waals surface area contributed by atoms with E-state index >= 15 is 0 Å². The second-order valence-electron chi connectivity index (χ2n) is 5.48. The molecule has 0 spiro atoms. The van der Waals surface area contributed by atoms with Crippen LogP contribution in [0.4, 0.5) is 0 Å². The van der Waals surface area contributed by atoms with E-state index in [1.165, 1.54) is 24.0 Å². The minimum Gasteiger partial charge on any atom is -0.388 e. The van der Waals surface area contributed by atoms with Crippen molar-refractivity contribution in [1.29, 1.82) is 0 Å². The van der Waals surface area contributed by atoms with Crippen LogP contribution >= 0.6 is 0 Å². The second-order valence-corrected chi connectivity index (χ2v) is 5.48. The molecule has 3 heteroatoms. The Kier molecular flexibility index (Phi) is 3.38. The molecule has 0 amide bonds. The third kappa shape index (κ3) is 2.87. The van der Waals surface area contributed by atoms with E-state index in [1.54, 1.807) is 4.68 Å². The number of aromatic nitrogens is 2. The number of hydrogen-bond acceptors (Lipinski definition) is 2. The first kappa shape index (κ1) is 12.4. The van der Waals surface area contributed by atoms with Gasteiger partial charge in [-0.05, 0) is 48.3 Å². The molecule has 1 aromatic heterocycles. The third-order valence-electron chi connectivity index (χ3n) is 3.84. The Morgan fingerprint density at radius 3 is 2.84 bits per heavy atom. The summed E-state index contributed by atoms with van der Waals surface area (Å²) in [6.07, 6.45) is 7.69. The molecule has 1 heterocycles. The first-order valence-electron chi connectivity index (χ1n) is 6.98. The average Bonchev–Trinajstić information content (AvgIpc) is 3.19. The molecule has 1 saturated carbocycles. The largest absolute Gasteiger partial charge is 0.388 e. The first-order valence-corrected chi connectivity index (χ1v) is 6.98. The SMILES string of the molecule is Cn1cc(CCC(O)c2ccccc2C2CC2)cn1. The lowest BCUT2D eigenvalue weighted by atomic mass is 9.95. The van der Waals surface area contributed by atoms with E-state index in [0.29, 0.717) is 5.92 Å². The first-order chi connectivity index (χ1) is 9.24. The highest BCUT2D eigenvalue weighted by Crippen LogP contribution is 2.43. The van der Waals surface area contributed by atoms with E-state index in [4.69, 9.17) is 0 Å². The molecule has 1 atom stereocenters. The maximum absolute atomic E-state index is 10.4. The number of benzene rings is 1. The Morgan fingerprint density at radius 1 is 1.37 bits per heavy atom. The van der Waals surface area contributed by atoms with Crippen molar-refractivity contribution in [3.63, 3.8) is 0 Å². The Morgan fingerprint density at radius 2 is 2.16 bits per heavy atom. The summed E-state index contributed by atoms with van der Waals surface area (Å²) in [6.45, 7) is 0. The number of rotatable bonds is 5. The topological polar surface area (TPSA) is 38.0 Å². The highest BCUT2D eigenvalue weighted by molar-refractivity contribution is 5.34. The van der Waals surface area contributed by atoms with Crippen molar-refractivity contribution in [2.75, 3.05) is 0 Å².